The highest BCUT2D eigenvalue weighted by molar-refractivity contribution is 9.09. The van der Waals surface area contributed by atoms with Gasteiger partial charge in [-0.15, -0.1) is 0 Å². The number of unbranched alkanes of at least 4 members (excludes halogenated alkanes) is 2. The Balaban J connectivity index is 4.68. The summed E-state index contributed by atoms with van der Waals surface area (Å²) < 4.78 is 25.6. The second-order valence-electron chi connectivity index (χ2n) is 9.34. The Hall–Kier alpha value is 1.32. The first-order chi connectivity index (χ1) is 17.1. The van der Waals surface area contributed by atoms with E-state index < -0.39 is 19.0 Å². The lowest BCUT2D eigenvalue weighted by atomic mass is 10.4. The normalized spacial score (nSPS) is 13.2. The van der Waals surface area contributed by atoms with E-state index in [0.717, 1.165) is 76.5 Å². The molecule has 0 N–H and O–H groups in total. The standard InChI is InChI=1S/C26H58O4S3Si2/c1-7-13-23-34-25(27-17-9-3,28-18-10-4)15-21-31-33-32-22-16-26(29-19-11-5,30-20-12-6)35-24-14-8-2/h7-24,34-35H2,1-6H3. The van der Waals surface area contributed by atoms with Gasteiger partial charge in [0.2, 0.25) is 0 Å². The SMILES string of the molecule is CCCC[SiH2]C(CCSSSCCC(OCCC)(OCCC)[SiH2]CCCC)(OCCC)OCCC. The first-order valence-corrected chi connectivity index (χ1v) is 21.8. The van der Waals surface area contributed by atoms with Crippen molar-refractivity contribution in [2.24, 2.45) is 0 Å². The third-order valence-electron chi connectivity index (χ3n) is 5.83. The maximum Gasteiger partial charge on any atom is 0.145 e. The average Bonchev–Trinajstić information content (AvgIpc) is 2.87. The molecular weight excluding hydrogens is 529 g/mol. The van der Waals surface area contributed by atoms with Crippen molar-refractivity contribution in [3.05, 3.63) is 0 Å². The van der Waals surface area contributed by atoms with Crippen molar-refractivity contribution < 1.29 is 18.9 Å². The third-order valence-corrected chi connectivity index (χ3v) is 14.8. The Morgan fingerprint density at radius 1 is 0.514 bits per heavy atom. The van der Waals surface area contributed by atoms with E-state index in [9.17, 15) is 0 Å². The lowest BCUT2D eigenvalue weighted by Gasteiger charge is -2.34. The topological polar surface area (TPSA) is 36.9 Å². The van der Waals surface area contributed by atoms with Crippen LogP contribution in [-0.4, -0.2) is 67.8 Å². The molecule has 0 fully saturated rings. The molecule has 0 spiro atoms. The summed E-state index contributed by atoms with van der Waals surface area (Å²) in [5.41, 5.74) is -0.525. The molecule has 212 valence electrons. The molecule has 9 heteroatoms. The van der Waals surface area contributed by atoms with Gasteiger partial charge in [0.25, 0.3) is 0 Å². The van der Waals surface area contributed by atoms with E-state index >= 15 is 0 Å². The Labute approximate surface area is 235 Å². The van der Waals surface area contributed by atoms with Crippen molar-refractivity contribution in [3.8, 4) is 0 Å². The van der Waals surface area contributed by atoms with Crippen molar-refractivity contribution in [2.75, 3.05) is 37.9 Å². The van der Waals surface area contributed by atoms with Gasteiger partial charge in [0.05, 0.1) is 19.0 Å². The lowest BCUT2D eigenvalue weighted by molar-refractivity contribution is -0.182. The monoisotopic (exact) mass is 586 g/mol. The second-order valence-corrected chi connectivity index (χ2v) is 18.4. The molecule has 0 atom stereocenters. The van der Waals surface area contributed by atoms with E-state index in [4.69, 9.17) is 18.9 Å². The number of hydrogen-bond acceptors (Lipinski definition) is 7. The summed E-state index contributed by atoms with van der Waals surface area (Å²) in [5.74, 6) is 2.17. The first-order valence-electron chi connectivity index (χ1n) is 14.5. The molecule has 0 rings (SSSR count). The summed E-state index contributed by atoms with van der Waals surface area (Å²) in [5, 5.41) is 0. The molecular formula is C26H58O4S3Si2. The molecule has 0 aliphatic carbocycles. The third kappa shape index (κ3) is 19.1. The highest BCUT2D eigenvalue weighted by atomic mass is 33.5. The van der Waals surface area contributed by atoms with Crippen LogP contribution in [0.1, 0.15) is 106 Å². The second kappa shape index (κ2) is 25.6. The smallest absolute Gasteiger partial charge is 0.145 e. The van der Waals surface area contributed by atoms with Gasteiger partial charge >= 0.3 is 0 Å². The molecule has 0 unspecified atom stereocenters. The number of rotatable bonds is 28. The van der Waals surface area contributed by atoms with Gasteiger partial charge in [-0.1, -0.05) is 101 Å². The van der Waals surface area contributed by atoms with E-state index in [1.165, 1.54) is 37.8 Å². The van der Waals surface area contributed by atoms with Crippen LogP contribution in [0.4, 0.5) is 0 Å². The van der Waals surface area contributed by atoms with Gasteiger partial charge in [-0.2, -0.15) is 0 Å². The number of hydrogen-bond donors (Lipinski definition) is 0. The largest absolute Gasteiger partial charge is 0.354 e. The zero-order valence-corrected chi connectivity index (χ0v) is 29.3. The maximum absolute atomic E-state index is 6.40. The fourth-order valence-electron chi connectivity index (χ4n) is 3.85. The average molecular weight is 587 g/mol. The quantitative estimate of drug-likeness (QED) is 0.0405. The highest BCUT2D eigenvalue weighted by Crippen LogP contribution is 2.38. The fourth-order valence-corrected chi connectivity index (χ4v) is 12.9. The van der Waals surface area contributed by atoms with Crippen molar-refractivity contribution >= 4 is 50.5 Å². The number of ether oxygens (including phenoxy) is 4. The van der Waals surface area contributed by atoms with E-state index in [2.05, 4.69) is 41.5 Å². The Kier molecular flexibility index (Phi) is 26.6. The van der Waals surface area contributed by atoms with E-state index in [1.807, 2.05) is 31.4 Å². The van der Waals surface area contributed by atoms with Crippen LogP contribution in [0.15, 0.2) is 0 Å². The van der Waals surface area contributed by atoms with Crippen LogP contribution in [0.25, 0.3) is 0 Å². The van der Waals surface area contributed by atoms with Gasteiger partial charge in [-0.05, 0) is 35.5 Å². The minimum absolute atomic E-state index is 0.262. The van der Waals surface area contributed by atoms with Crippen LogP contribution < -0.4 is 0 Å². The fraction of sp³-hybridized carbons (Fsp3) is 1.00. The Morgan fingerprint density at radius 3 is 1.14 bits per heavy atom. The summed E-state index contributed by atoms with van der Waals surface area (Å²) in [4.78, 5) is 0. The van der Waals surface area contributed by atoms with Crippen LogP contribution in [0, 0.1) is 0 Å². The van der Waals surface area contributed by atoms with Crippen molar-refractivity contribution in [3.63, 3.8) is 0 Å². The molecule has 0 amide bonds. The minimum Gasteiger partial charge on any atom is -0.354 e. The van der Waals surface area contributed by atoms with Crippen molar-refractivity contribution in [1.29, 1.82) is 0 Å². The van der Waals surface area contributed by atoms with Gasteiger partial charge < -0.3 is 18.9 Å². The van der Waals surface area contributed by atoms with Crippen LogP contribution in [-0.2, 0) is 18.9 Å². The predicted octanol–water partition coefficient (Wildman–Crippen LogP) is 7.58. The van der Waals surface area contributed by atoms with Crippen LogP contribution in [0.3, 0.4) is 0 Å². The van der Waals surface area contributed by atoms with Gasteiger partial charge in [-0.3, -0.25) is 0 Å². The van der Waals surface area contributed by atoms with Crippen LogP contribution in [0.2, 0.25) is 12.1 Å². The summed E-state index contributed by atoms with van der Waals surface area (Å²) in [6.07, 6.45) is 11.4. The van der Waals surface area contributed by atoms with Gasteiger partial charge in [0.1, 0.15) is 10.8 Å². The molecule has 35 heavy (non-hydrogen) atoms. The molecule has 0 bridgehead atoms. The molecule has 0 aromatic rings. The zero-order valence-electron chi connectivity index (χ0n) is 24.0. The Bertz CT molecular complexity index is 397. The molecule has 0 aromatic heterocycles. The minimum atomic E-state index is -0.425. The van der Waals surface area contributed by atoms with Crippen molar-refractivity contribution in [1.82, 2.24) is 0 Å². The molecule has 0 aromatic carbocycles. The van der Waals surface area contributed by atoms with Gasteiger partial charge in [0, 0.05) is 50.8 Å². The van der Waals surface area contributed by atoms with E-state index in [-0.39, 0.29) is 10.8 Å². The summed E-state index contributed by atoms with van der Waals surface area (Å²) in [7, 11) is 5.01. The maximum atomic E-state index is 6.40. The first kappa shape index (κ1) is 36.3. The van der Waals surface area contributed by atoms with E-state index in [1.54, 1.807) is 0 Å². The lowest BCUT2D eigenvalue weighted by Crippen LogP contribution is -2.43. The zero-order chi connectivity index (χ0) is 26.1. The van der Waals surface area contributed by atoms with E-state index in [0.29, 0.717) is 0 Å². The van der Waals surface area contributed by atoms with Gasteiger partial charge in [-0.25, -0.2) is 0 Å². The Morgan fingerprint density at radius 2 is 0.857 bits per heavy atom. The highest BCUT2D eigenvalue weighted by Gasteiger charge is 2.32. The molecule has 0 saturated carbocycles. The van der Waals surface area contributed by atoms with Crippen LogP contribution in [0.5, 0.6) is 0 Å². The molecule has 0 heterocycles. The summed E-state index contributed by atoms with van der Waals surface area (Å²) >= 11 is 0. The molecule has 0 radical (unpaired) electrons. The van der Waals surface area contributed by atoms with Crippen LogP contribution >= 0.6 is 31.4 Å². The molecule has 0 aliphatic rings. The summed E-state index contributed by atoms with van der Waals surface area (Å²) in [6, 6.07) is 2.63. The molecule has 0 aliphatic heterocycles. The molecule has 4 nitrogen and oxygen atoms in total. The van der Waals surface area contributed by atoms with Crippen molar-refractivity contribution in [2.45, 2.75) is 129 Å². The summed E-state index contributed by atoms with van der Waals surface area (Å²) in [6.45, 7) is 16.6. The molecule has 0 saturated heterocycles. The van der Waals surface area contributed by atoms with Gasteiger partial charge in [0.15, 0.2) is 0 Å². The predicted molar refractivity (Wildman–Crippen MR) is 169 cm³/mol.